The van der Waals surface area contributed by atoms with Crippen LogP contribution < -0.4 is 0 Å². The fourth-order valence-electron chi connectivity index (χ4n) is 3.65. The lowest BCUT2D eigenvalue weighted by Crippen LogP contribution is -2.37. The molecule has 1 aromatic rings. The number of ether oxygens (including phenoxy) is 1. The van der Waals surface area contributed by atoms with Crippen LogP contribution in [-0.2, 0) is 4.74 Å². The molecule has 2 amide bonds. The molecule has 4 rings (SSSR count). The van der Waals surface area contributed by atoms with Gasteiger partial charge < -0.3 is 9.64 Å². The third-order valence-electron chi connectivity index (χ3n) is 5.07. The van der Waals surface area contributed by atoms with Crippen molar-refractivity contribution >= 4 is 6.03 Å². The number of pyridine rings is 1. The van der Waals surface area contributed by atoms with E-state index < -0.39 is 0 Å². The number of rotatable bonds is 2. The molecule has 3 heterocycles. The van der Waals surface area contributed by atoms with E-state index in [4.69, 9.17) is 4.74 Å². The molecule has 1 saturated heterocycles. The Labute approximate surface area is 158 Å². The first-order valence-electron chi connectivity index (χ1n) is 9.10. The van der Waals surface area contributed by atoms with Gasteiger partial charge in [0.25, 0.3) is 0 Å². The summed E-state index contributed by atoms with van der Waals surface area (Å²) in [5, 5.41) is 9.27. The van der Waals surface area contributed by atoms with Gasteiger partial charge >= 0.3 is 6.03 Å². The minimum Gasteiger partial charge on any atom is -0.462 e. The minimum atomic E-state index is -0.0797. The largest absolute Gasteiger partial charge is 0.462 e. The molecule has 0 saturated carbocycles. The molecule has 1 atom stereocenters. The Morgan fingerprint density at radius 2 is 2.33 bits per heavy atom. The van der Waals surface area contributed by atoms with Crippen LogP contribution in [0.5, 0.6) is 0 Å². The summed E-state index contributed by atoms with van der Waals surface area (Å²) in [6, 6.07) is 5.84. The molecule has 0 N–H and O–H groups in total. The summed E-state index contributed by atoms with van der Waals surface area (Å²) in [7, 11) is 0. The van der Waals surface area contributed by atoms with Crippen LogP contribution in [0.25, 0.3) is 0 Å². The second-order valence-electron chi connectivity index (χ2n) is 6.73. The number of nitrogens with zero attached hydrogens (tertiary/aromatic N) is 4. The first-order chi connectivity index (χ1) is 13.3. The molecule has 0 radical (unpaired) electrons. The second kappa shape index (κ2) is 7.50. The summed E-state index contributed by atoms with van der Waals surface area (Å²) >= 11 is 0. The summed E-state index contributed by atoms with van der Waals surface area (Å²) in [5.74, 6) is 0.849. The van der Waals surface area contributed by atoms with Crippen LogP contribution in [0, 0.1) is 11.3 Å². The summed E-state index contributed by atoms with van der Waals surface area (Å²) in [5.41, 5.74) is 2.46. The Kier molecular flexibility index (Phi) is 4.75. The van der Waals surface area contributed by atoms with Gasteiger partial charge in [0.05, 0.1) is 6.20 Å². The predicted molar refractivity (Wildman–Crippen MR) is 99.9 cm³/mol. The first kappa shape index (κ1) is 17.1. The van der Waals surface area contributed by atoms with E-state index in [9.17, 15) is 10.1 Å². The molecule has 1 unspecified atom stereocenters. The molecule has 2 aliphatic heterocycles. The van der Waals surface area contributed by atoms with Crippen molar-refractivity contribution in [1.29, 1.82) is 5.26 Å². The van der Waals surface area contributed by atoms with E-state index in [1.54, 1.807) is 29.8 Å². The number of nitriles is 1. The van der Waals surface area contributed by atoms with Crippen molar-refractivity contribution in [2.45, 2.75) is 25.2 Å². The summed E-state index contributed by atoms with van der Waals surface area (Å²) in [6.07, 6.45) is 15.4. The molecular formula is C21H20N4O2. The van der Waals surface area contributed by atoms with E-state index >= 15 is 0 Å². The van der Waals surface area contributed by atoms with Crippen LogP contribution in [0.1, 0.15) is 36.4 Å². The topological polar surface area (TPSA) is 69.5 Å². The van der Waals surface area contributed by atoms with Crippen LogP contribution in [0.2, 0.25) is 0 Å². The number of carbonyl (C=O) groups excluding carboxylic acids is 1. The molecule has 6 heteroatoms. The smallest absolute Gasteiger partial charge is 0.328 e. The van der Waals surface area contributed by atoms with Gasteiger partial charge in [-0.25, -0.2) is 9.78 Å². The Bertz CT molecular complexity index is 907. The van der Waals surface area contributed by atoms with Crippen LogP contribution in [0.15, 0.2) is 66.6 Å². The molecule has 0 aromatic carbocycles. The molecule has 3 aliphatic rings. The normalized spacial score (nSPS) is 21.4. The zero-order chi connectivity index (χ0) is 18.6. The lowest BCUT2D eigenvalue weighted by Gasteiger charge is -2.26. The van der Waals surface area contributed by atoms with Gasteiger partial charge in [-0.15, -0.1) is 0 Å². The Balaban J connectivity index is 1.47. The molecule has 0 bridgehead atoms. The minimum absolute atomic E-state index is 0.0797. The molecule has 1 aromatic heterocycles. The lowest BCUT2D eigenvalue weighted by molar-refractivity contribution is 0.185. The van der Waals surface area contributed by atoms with Crippen molar-refractivity contribution in [2.75, 3.05) is 13.1 Å². The van der Waals surface area contributed by atoms with Gasteiger partial charge in [0, 0.05) is 31.4 Å². The number of allylic oxidation sites excluding steroid dienone is 4. The van der Waals surface area contributed by atoms with Gasteiger partial charge in [-0.05, 0) is 36.5 Å². The number of urea groups is 1. The number of amides is 2. The molecule has 6 nitrogen and oxygen atoms in total. The zero-order valence-corrected chi connectivity index (χ0v) is 14.9. The van der Waals surface area contributed by atoms with Crippen molar-refractivity contribution < 1.29 is 9.53 Å². The summed E-state index contributed by atoms with van der Waals surface area (Å²) in [4.78, 5) is 20.5. The number of hydrogen-bond acceptors (Lipinski definition) is 4. The monoisotopic (exact) mass is 360 g/mol. The van der Waals surface area contributed by atoms with Crippen LogP contribution in [-0.4, -0.2) is 33.9 Å². The predicted octanol–water partition coefficient (Wildman–Crippen LogP) is 3.78. The standard InChI is InChI=1S/C21H20N4O2/c22-13-19-18(7-4-9-23-19)17-8-10-24(14-17)21(26)25-11-12-27-20(15-25)16-5-2-1-3-6-16/h1-2,4-5,7,9,11-12,15,17H,3,6,8,10,14H2. The maximum atomic E-state index is 12.9. The van der Waals surface area contributed by atoms with Gasteiger partial charge in [-0.2, -0.15) is 5.26 Å². The van der Waals surface area contributed by atoms with Crippen molar-refractivity contribution in [3.8, 4) is 6.07 Å². The highest BCUT2D eigenvalue weighted by molar-refractivity contribution is 5.77. The third kappa shape index (κ3) is 3.49. The van der Waals surface area contributed by atoms with E-state index in [0.29, 0.717) is 24.5 Å². The highest BCUT2D eigenvalue weighted by Crippen LogP contribution is 2.30. The van der Waals surface area contributed by atoms with E-state index in [2.05, 4.69) is 17.1 Å². The van der Waals surface area contributed by atoms with Gasteiger partial charge in [-0.3, -0.25) is 4.90 Å². The van der Waals surface area contributed by atoms with Crippen LogP contribution >= 0.6 is 0 Å². The number of likely N-dealkylation sites (tertiary alicyclic amines) is 1. The average molecular weight is 360 g/mol. The van der Waals surface area contributed by atoms with Gasteiger partial charge in [0.2, 0.25) is 0 Å². The number of aromatic nitrogens is 1. The van der Waals surface area contributed by atoms with Gasteiger partial charge in [-0.1, -0.05) is 24.3 Å². The lowest BCUT2D eigenvalue weighted by atomic mass is 9.97. The summed E-state index contributed by atoms with van der Waals surface area (Å²) in [6.45, 7) is 1.24. The van der Waals surface area contributed by atoms with Crippen LogP contribution in [0.4, 0.5) is 4.79 Å². The van der Waals surface area contributed by atoms with Crippen molar-refractivity contribution in [3.63, 3.8) is 0 Å². The van der Waals surface area contributed by atoms with Crippen molar-refractivity contribution in [2.24, 2.45) is 0 Å². The number of hydrogen-bond donors (Lipinski definition) is 0. The molecule has 136 valence electrons. The van der Waals surface area contributed by atoms with E-state index in [-0.39, 0.29) is 11.9 Å². The van der Waals surface area contributed by atoms with Crippen LogP contribution in [0.3, 0.4) is 0 Å². The SMILES string of the molecule is N#Cc1ncccc1C1CCN(C(=O)N2C=COC(C3=CC=CCC3)=C2)C1. The highest BCUT2D eigenvalue weighted by Gasteiger charge is 2.31. The Morgan fingerprint density at radius 3 is 3.15 bits per heavy atom. The van der Waals surface area contributed by atoms with Gasteiger partial charge in [0.1, 0.15) is 23.8 Å². The Hall–Kier alpha value is -3.33. The maximum Gasteiger partial charge on any atom is 0.328 e. The van der Waals surface area contributed by atoms with Gasteiger partial charge in [0.15, 0.2) is 0 Å². The first-order valence-corrected chi connectivity index (χ1v) is 9.10. The zero-order valence-electron chi connectivity index (χ0n) is 14.9. The molecule has 0 spiro atoms. The molecule has 1 aliphatic carbocycles. The Morgan fingerprint density at radius 1 is 1.41 bits per heavy atom. The second-order valence-corrected chi connectivity index (χ2v) is 6.73. The molecular weight excluding hydrogens is 340 g/mol. The fraction of sp³-hybridized carbons (Fsp3) is 0.286. The fourth-order valence-corrected chi connectivity index (χ4v) is 3.65. The van der Waals surface area contributed by atoms with Crippen molar-refractivity contribution in [3.05, 3.63) is 77.8 Å². The molecule has 27 heavy (non-hydrogen) atoms. The summed E-state index contributed by atoms with van der Waals surface area (Å²) < 4.78 is 5.60. The van der Waals surface area contributed by atoms with E-state index in [1.807, 2.05) is 29.2 Å². The molecule has 1 fully saturated rings. The highest BCUT2D eigenvalue weighted by atomic mass is 16.5. The van der Waals surface area contributed by atoms with Crippen molar-refractivity contribution in [1.82, 2.24) is 14.8 Å². The quantitative estimate of drug-likeness (QED) is 0.805. The van der Waals surface area contributed by atoms with E-state index in [1.165, 1.54) is 0 Å². The maximum absolute atomic E-state index is 12.9. The van der Waals surface area contributed by atoms with E-state index in [0.717, 1.165) is 30.4 Å². The third-order valence-corrected chi connectivity index (χ3v) is 5.07. The number of carbonyl (C=O) groups is 1. The average Bonchev–Trinajstić information content (AvgIpc) is 3.24.